The summed E-state index contributed by atoms with van der Waals surface area (Å²) in [6.07, 6.45) is 0.450. The van der Waals surface area contributed by atoms with E-state index in [1.165, 1.54) is 0 Å². The second kappa shape index (κ2) is 8.13. The molecule has 170 valence electrons. The molecule has 5 rings (SSSR count). The van der Waals surface area contributed by atoms with Gasteiger partial charge in [0.1, 0.15) is 6.10 Å². The highest BCUT2D eigenvalue weighted by Crippen LogP contribution is 2.41. The van der Waals surface area contributed by atoms with Crippen molar-refractivity contribution in [2.45, 2.75) is 50.6 Å². The normalized spacial score (nSPS) is 21.9. The first kappa shape index (κ1) is 21.4. The number of fused-ring (bicyclic) bond motifs is 2. The van der Waals surface area contributed by atoms with E-state index in [0.29, 0.717) is 24.4 Å². The Morgan fingerprint density at radius 1 is 1.06 bits per heavy atom. The Hall–Kier alpha value is -3.49. The molecule has 2 bridgehead atoms. The number of benzene rings is 1. The second-order valence-electron chi connectivity index (χ2n) is 8.37. The average molecular weight is 454 g/mol. The number of nitrogens with zero attached hydrogens (tertiary/aromatic N) is 4. The molecule has 33 heavy (non-hydrogen) atoms. The summed E-state index contributed by atoms with van der Waals surface area (Å²) in [6.45, 7) is 1.95. The van der Waals surface area contributed by atoms with Crippen molar-refractivity contribution in [1.82, 2.24) is 19.9 Å². The summed E-state index contributed by atoms with van der Waals surface area (Å²) in [7, 11) is 0. The first-order chi connectivity index (χ1) is 15.8. The molecule has 9 heteroatoms. The third-order valence-electron chi connectivity index (χ3n) is 6.35. The van der Waals surface area contributed by atoms with E-state index in [9.17, 15) is 18.0 Å². The van der Waals surface area contributed by atoms with Gasteiger partial charge in [-0.2, -0.15) is 13.2 Å². The van der Waals surface area contributed by atoms with Gasteiger partial charge in [-0.3, -0.25) is 9.78 Å². The third-order valence-corrected chi connectivity index (χ3v) is 6.35. The van der Waals surface area contributed by atoms with Crippen LogP contribution in [0.2, 0.25) is 0 Å². The molecule has 6 nitrogen and oxygen atoms in total. The molecule has 1 amide bonds. The highest BCUT2D eigenvalue weighted by atomic mass is 19.4. The molecule has 2 aliphatic heterocycles. The molecule has 0 aliphatic carbocycles. The molecule has 0 radical (unpaired) electrons. The molecule has 0 unspecified atom stereocenters. The van der Waals surface area contributed by atoms with Gasteiger partial charge >= 0.3 is 12.2 Å². The smallest absolute Gasteiger partial charge is 0.419 e. The molecule has 0 saturated carbocycles. The summed E-state index contributed by atoms with van der Waals surface area (Å²) < 4.78 is 44.1. The number of carbonyl (C=O) groups is 1. The lowest BCUT2D eigenvalue weighted by molar-refractivity contribution is -0.138. The number of aromatic nitrogens is 3. The van der Waals surface area contributed by atoms with Crippen LogP contribution < -0.4 is 4.74 Å². The summed E-state index contributed by atoms with van der Waals surface area (Å²) in [5.74, 6) is -0.0914. The van der Waals surface area contributed by atoms with Crippen molar-refractivity contribution in [2.75, 3.05) is 0 Å². The predicted molar refractivity (Wildman–Crippen MR) is 113 cm³/mol. The Morgan fingerprint density at radius 2 is 1.85 bits per heavy atom. The minimum atomic E-state index is -4.51. The van der Waals surface area contributed by atoms with E-state index < -0.39 is 11.7 Å². The molecule has 3 atom stereocenters. The van der Waals surface area contributed by atoms with Crippen LogP contribution in [0.1, 0.15) is 40.7 Å². The number of amides is 1. The van der Waals surface area contributed by atoms with Crippen LogP contribution in [0, 0.1) is 6.92 Å². The third kappa shape index (κ3) is 3.92. The van der Waals surface area contributed by atoms with Gasteiger partial charge in [0.2, 0.25) is 0 Å². The van der Waals surface area contributed by atoms with Crippen molar-refractivity contribution < 1.29 is 22.7 Å². The zero-order valence-electron chi connectivity index (χ0n) is 17.8. The van der Waals surface area contributed by atoms with E-state index in [1.54, 1.807) is 6.20 Å². The van der Waals surface area contributed by atoms with E-state index in [-0.39, 0.29) is 30.1 Å². The Labute approximate surface area is 188 Å². The Kier molecular flexibility index (Phi) is 5.26. The van der Waals surface area contributed by atoms with E-state index >= 15 is 0 Å². The largest absolute Gasteiger partial charge is 0.458 e. The summed E-state index contributed by atoms with van der Waals surface area (Å²) in [5, 5.41) is 0. The summed E-state index contributed by atoms with van der Waals surface area (Å²) in [6, 6.07) is 10.9. The Balaban J connectivity index is 1.39. The molecule has 2 saturated heterocycles. The van der Waals surface area contributed by atoms with Crippen molar-refractivity contribution in [2.24, 2.45) is 0 Å². The number of hydrogen-bond donors (Lipinski definition) is 0. The average Bonchev–Trinajstić information content (AvgIpc) is 3.36. The molecule has 4 heterocycles. The number of alkyl halides is 3. The van der Waals surface area contributed by atoms with Gasteiger partial charge < -0.3 is 9.64 Å². The van der Waals surface area contributed by atoms with Gasteiger partial charge in [0.25, 0.3) is 5.91 Å². The minimum absolute atomic E-state index is 0.000886. The summed E-state index contributed by atoms with van der Waals surface area (Å²) in [5.41, 5.74) is 2.14. The molecule has 2 aliphatic rings. The predicted octanol–water partition coefficient (Wildman–Crippen LogP) is 4.69. The number of aryl methyl sites for hydroxylation is 1. The van der Waals surface area contributed by atoms with Crippen molar-refractivity contribution in [3.8, 4) is 17.3 Å². The number of halogens is 3. The van der Waals surface area contributed by atoms with Crippen LogP contribution in [-0.4, -0.2) is 43.9 Å². The van der Waals surface area contributed by atoms with E-state index in [1.807, 2.05) is 48.2 Å². The Morgan fingerprint density at radius 3 is 2.55 bits per heavy atom. The fourth-order valence-electron chi connectivity index (χ4n) is 4.87. The van der Waals surface area contributed by atoms with Crippen LogP contribution in [-0.2, 0) is 6.18 Å². The second-order valence-corrected chi connectivity index (χ2v) is 8.37. The highest BCUT2D eigenvalue weighted by Gasteiger charge is 2.50. The molecule has 0 spiro atoms. The number of carbonyl (C=O) groups excluding carboxylic acids is 1. The van der Waals surface area contributed by atoms with E-state index in [0.717, 1.165) is 29.7 Å². The standard InChI is InChI=1S/C24H21F3N4O2/c1-14-5-4-6-17(21(14)18-7-2-3-10-28-18)22(32)31-16-8-9-19(31)20(11-16)33-23-29-12-15(13-30-23)24(25,26)27/h2-7,10,12-13,16,19-20H,8-9,11H2,1H3/t16-,19+,20-/m1/s1. The zero-order valence-corrected chi connectivity index (χ0v) is 17.8. The van der Waals surface area contributed by atoms with Crippen LogP contribution in [0.25, 0.3) is 11.3 Å². The fourth-order valence-corrected chi connectivity index (χ4v) is 4.87. The maximum absolute atomic E-state index is 13.7. The van der Waals surface area contributed by atoms with Crippen LogP contribution in [0.5, 0.6) is 6.01 Å². The van der Waals surface area contributed by atoms with Crippen molar-refractivity contribution in [3.63, 3.8) is 0 Å². The van der Waals surface area contributed by atoms with Crippen LogP contribution in [0.4, 0.5) is 13.2 Å². The van der Waals surface area contributed by atoms with E-state index in [4.69, 9.17) is 4.74 Å². The fraction of sp³-hybridized carbons (Fsp3) is 0.333. The van der Waals surface area contributed by atoms with Crippen molar-refractivity contribution in [3.05, 3.63) is 71.7 Å². The highest BCUT2D eigenvalue weighted by molar-refractivity contribution is 6.01. The van der Waals surface area contributed by atoms with Crippen LogP contribution in [0.3, 0.4) is 0 Å². The summed E-state index contributed by atoms with van der Waals surface area (Å²) in [4.78, 5) is 27.4. The number of ether oxygens (including phenoxy) is 1. The maximum atomic E-state index is 13.7. The number of hydrogen-bond acceptors (Lipinski definition) is 5. The molecular weight excluding hydrogens is 433 g/mol. The molecule has 2 aromatic heterocycles. The number of pyridine rings is 1. The topological polar surface area (TPSA) is 68.2 Å². The molecule has 0 N–H and O–H groups in total. The van der Waals surface area contributed by atoms with Crippen molar-refractivity contribution >= 4 is 5.91 Å². The lowest BCUT2D eigenvalue weighted by Gasteiger charge is -2.25. The maximum Gasteiger partial charge on any atom is 0.419 e. The first-order valence-corrected chi connectivity index (χ1v) is 10.7. The quantitative estimate of drug-likeness (QED) is 0.572. The zero-order chi connectivity index (χ0) is 23.2. The first-order valence-electron chi connectivity index (χ1n) is 10.7. The molecular formula is C24H21F3N4O2. The summed E-state index contributed by atoms with van der Waals surface area (Å²) >= 11 is 0. The monoisotopic (exact) mass is 454 g/mol. The van der Waals surface area contributed by atoms with Gasteiger partial charge in [-0.1, -0.05) is 18.2 Å². The Bertz CT molecular complexity index is 1170. The SMILES string of the molecule is Cc1cccc(C(=O)N2[C@@H]3CC[C@H]2[C@H](Oc2ncc(C(F)(F)F)cn2)C3)c1-c1ccccn1. The lowest BCUT2D eigenvalue weighted by Crippen LogP contribution is -2.39. The van der Waals surface area contributed by atoms with Crippen molar-refractivity contribution in [1.29, 1.82) is 0 Å². The minimum Gasteiger partial charge on any atom is -0.458 e. The lowest BCUT2D eigenvalue weighted by atomic mass is 9.97. The van der Waals surface area contributed by atoms with Gasteiger partial charge in [0.15, 0.2) is 0 Å². The van der Waals surface area contributed by atoms with Crippen LogP contribution in [0.15, 0.2) is 55.0 Å². The number of rotatable bonds is 4. The molecule has 2 fully saturated rings. The van der Waals surface area contributed by atoms with Gasteiger partial charge in [-0.05, 0) is 43.5 Å². The van der Waals surface area contributed by atoms with E-state index in [2.05, 4.69) is 15.0 Å². The molecule has 1 aromatic carbocycles. The van der Waals surface area contributed by atoms with Gasteiger partial charge in [0.05, 0.1) is 17.3 Å². The van der Waals surface area contributed by atoms with Gasteiger partial charge in [-0.15, -0.1) is 0 Å². The van der Waals surface area contributed by atoms with Gasteiger partial charge in [0, 0.05) is 42.2 Å². The molecule has 3 aromatic rings. The van der Waals surface area contributed by atoms with Gasteiger partial charge in [-0.25, -0.2) is 9.97 Å². The van der Waals surface area contributed by atoms with Crippen LogP contribution >= 0.6 is 0 Å².